The number of nitrogens with zero attached hydrogens (tertiary/aromatic N) is 5. The van der Waals surface area contributed by atoms with Crippen molar-refractivity contribution in [3.8, 4) is 0 Å². The average Bonchev–Trinajstić information content (AvgIpc) is 3.18. The monoisotopic (exact) mass is 372 g/mol. The van der Waals surface area contributed by atoms with E-state index in [-0.39, 0.29) is 11.5 Å². The van der Waals surface area contributed by atoms with Crippen molar-refractivity contribution >= 4 is 17.0 Å². The van der Waals surface area contributed by atoms with Crippen molar-refractivity contribution in [3.05, 3.63) is 12.7 Å². The van der Waals surface area contributed by atoms with Crippen LogP contribution in [0.1, 0.15) is 32.1 Å². The van der Waals surface area contributed by atoms with Gasteiger partial charge >= 0.3 is 0 Å². The number of piperidine rings is 2. The van der Waals surface area contributed by atoms with E-state index in [1.807, 2.05) is 0 Å². The number of imidazole rings is 1. The summed E-state index contributed by atoms with van der Waals surface area (Å²) in [6, 6.07) is 0.565. The molecule has 3 fully saturated rings. The van der Waals surface area contributed by atoms with Gasteiger partial charge in [-0.05, 0) is 37.5 Å². The van der Waals surface area contributed by atoms with E-state index in [9.17, 15) is 5.11 Å². The first-order valence-corrected chi connectivity index (χ1v) is 10.1. The minimum atomic E-state index is -0.216. The highest BCUT2D eigenvalue weighted by molar-refractivity contribution is 5.82. The Morgan fingerprint density at radius 2 is 1.96 bits per heavy atom. The number of rotatable bonds is 2. The molecule has 5 heterocycles. The lowest BCUT2D eigenvalue weighted by Crippen LogP contribution is -2.57. The van der Waals surface area contributed by atoms with Crippen LogP contribution in [0.5, 0.6) is 0 Å². The van der Waals surface area contributed by atoms with Crippen molar-refractivity contribution in [2.45, 2.75) is 44.2 Å². The number of β-amino-alcohol motifs (C(OH)–C–C–N with tert-alkyl or cyclic N) is 1. The van der Waals surface area contributed by atoms with E-state index in [0.29, 0.717) is 6.04 Å². The van der Waals surface area contributed by atoms with Crippen molar-refractivity contribution in [1.29, 1.82) is 0 Å². The minimum absolute atomic E-state index is 0.215. The van der Waals surface area contributed by atoms with E-state index >= 15 is 0 Å². The molecule has 0 aliphatic carbocycles. The molecule has 1 spiro atoms. The van der Waals surface area contributed by atoms with Crippen molar-refractivity contribution < 1.29 is 9.84 Å². The largest absolute Gasteiger partial charge is 0.392 e. The molecule has 0 radical (unpaired) electrons. The fourth-order valence-electron chi connectivity index (χ4n) is 5.27. The zero-order valence-electron chi connectivity index (χ0n) is 15.7. The van der Waals surface area contributed by atoms with E-state index in [4.69, 9.17) is 4.74 Å². The number of anilines is 1. The number of ether oxygens (including phenoxy) is 1. The first-order chi connectivity index (χ1) is 13.2. The van der Waals surface area contributed by atoms with Crippen LogP contribution >= 0.6 is 0 Å². The van der Waals surface area contributed by atoms with Gasteiger partial charge in [-0.25, -0.2) is 15.0 Å². The second kappa shape index (κ2) is 7.00. The summed E-state index contributed by atoms with van der Waals surface area (Å²) >= 11 is 0. The van der Waals surface area contributed by atoms with Crippen LogP contribution < -0.4 is 4.90 Å². The average molecular weight is 372 g/mol. The molecule has 146 valence electrons. The fraction of sp³-hybridized carbons (Fsp3) is 0.737. The second-order valence-electron chi connectivity index (χ2n) is 8.42. The van der Waals surface area contributed by atoms with Gasteiger partial charge in [0.25, 0.3) is 0 Å². The minimum Gasteiger partial charge on any atom is -0.392 e. The maximum Gasteiger partial charge on any atom is 0.182 e. The van der Waals surface area contributed by atoms with Crippen LogP contribution in [0, 0.1) is 5.41 Å². The molecule has 8 nitrogen and oxygen atoms in total. The third-order valence-electron chi connectivity index (χ3n) is 6.69. The van der Waals surface area contributed by atoms with Crippen LogP contribution in [0.15, 0.2) is 12.7 Å². The summed E-state index contributed by atoms with van der Waals surface area (Å²) in [6.45, 7) is 5.54. The third-order valence-corrected chi connectivity index (χ3v) is 6.69. The molecular formula is C19H28N6O2. The van der Waals surface area contributed by atoms with Crippen molar-refractivity contribution in [2.75, 3.05) is 44.3 Å². The highest BCUT2D eigenvalue weighted by Gasteiger charge is 2.43. The summed E-state index contributed by atoms with van der Waals surface area (Å²) in [5, 5.41) is 10.6. The highest BCUT2D eigenvalue weighted by atomic mass is 16.5. The number of aromatic amines is 1. The topological polar surface area (TPSA) is 90.4 Å². The number of H-pyrrole nitrogens is 1. The van der Waals surface area contributed by atoms with Crippen LogP contribution in [0.2, 0.25) is 0 Å². The fourth-order valence-corrected chi connectivity index (χ4v) is 5.27. The standard InChI is InChI=1S/C19H28N6O2/c26-15-9-19(11-25(10-15)14-1-7-27-8-2-14)3-5-24(6-4-19)18-16-17(21-12-20-16)22-13-23-18/h12-15,26H,1-11H2,(H,20,21,22,23). The molecule has 1 unspecified atom stereocenters. The predicted molar refractivity (Wildman–Crippen MR) is 102 cm³/mol. The molecule has 8 heteroatoms. The van der Waals surface area contributed by atoms with Gasteiger partial charge in [0.05, 0.1) is 12.4 Å². The van der Waals surface area contributed by atoms with Crippen LogP contribution in [0.3, 0.4) is 0 Å². The molecule has 27 heavy (non-hydrogen) atoms. The van der Waals surface area contributed by atoms with Crippen molar-refractivity contribution in [2.24, 2.45) is 5.41 Å². The number of aromatic nitrogens is 4. The van der Waals surface area contributed by atoms with Gasteiger partial charge in [0.2, 0.25) is 0 Å². The Kier molecular flexibility index (Phi) is 4.49. The van der Waals surface area contributed by atoms with E-state index in [1.165, 1.54) is 0 Å². The SMILES string of the molecule is OC1CN(C2CCOCC2)CC2(CCN(c3ncnc4nc[nH]c34)CC2)C1. The number of hydrogen-bond acceptors (Lipinski definition) is 7. The number of likely N-dealkylation sites (tertiary alicyclic amines) is 1. The summed E-state index contributed by atoms with van der Waals surface area (Å²) in [5.41, 5.74) is 1.85. The number of nitrogens with one attached hydrogen (secondary N) is 1. The van der Waals surface area contributed by atoms with Crippen LogP contribution in [-0.4, -0.2) is 81.5 Å². The Morgan fingerprint density at radius 3 is 2.78 bits per heavy atom. The normalized spacial score (nSPS) is 27.4. The first kappa shape index (κ1) is 17.3. The summed E-state index contributed by atoms with van der Waals surface area (Å²) in [4.78, 5) is 21.0. The van der Waals surface area contributed by atoms with Gasteiger partial charge in [0.1, 0.15) is 11.8 Å². The maximum atomic E-state index is 10.6. The summed E-state index contributed by atoms with van der Waals surface area (Å²) in [6.07, 6.45) is 8.34. The van der Waals surface area contributed by atoms with Crippen LogP contribution in [0.25, 0.3) is 11.2 Å². The molecule has 0 aromatic carbocycles. The Morgan fingerprint density at radius 1 is 1.15 bits per heavy atom. The number of fused-ring (bicyclic) bond motifs is 1. The molecule has 3 saturated heterocycles. The third kappa shape index (κ3) is 3.30. The summed E-state index contributed by atoms with van der Waals surface area (Å²) in [7, 11) is 0. The van der Waals surface area contributed by atoms with Gasteiger partial charge in [-0.2, -0.15) is 0 Å². The molecule has 0 bridgehead atoms. The molecule has 5 rings (SSSR count). The maximum absolute atomic E-state index is 10.6. The molecular weight excluding hydrogens is 344 g/mol. The molecule has 3 aliphatic rings. The summed E-state index contributed by atoms with van der Waals surface area (Å²) in [5.74, 6) is 0.949. The van der Waals surface area contributed by atoms with Crippen LogP contribution in [-0.2, 0) is 4.74 Å². The zero-order chi connectivity index (χ0) is 18.3. The number of hydrogen-bond donors (Lipinski definition) is 2. The molecule has 3 aliphatic heterocycles. The van der Waals surface area contributed by atoms with Gasteiger partial charge in [-0.3, -0.25) is 4.90 Å². The second-order valence-corrected chi connectivity index (χ2v) is 8.42. The Labute approximate surface area is 159 Å². The Bertz CT molecular complexity index is 781. The van der Waals surface area contributed by atoms with E-state index < -0.39 is 0 Å². The molecule has 2 N–H and O–H groups in total. The van der Waals surface area contributed by atoms with Gasteiger partial charge in [0, 0.05) is 45.4 Å². The Balaban J connectivity index is 1.30. The molecule has 0 saturated carbocycles. The van der Waals surface area contributed by atoms with E-state index in [0.717, 1.165) is 88.5 Å². The highest BCUT2D eigenvalue weighted by Crippen LogP contribution is 2.42. The predicted octanol–water partition coefficient (Wildman–Crippen LogP) is 1.19. The molecule has 2 aromatic rings. The van der Waals surface area contributed by atoms with Crippen molar-refractivity contribution in [1.82, 2.24) is 24.8 Å². The molecule has 0 amide bonds. The lowest BCUT2D eigenvalue weighted by atomic mass is 9.71. The summed E-state index contributed by atoms with van der Waals surface area (Å²) < 4.78 is 5.53. The van der Waals surface area contributed by atoms with Gasteiger partial charge in [-0.15, -0.1) is 0 Å². The first-order valence-electron chi connectivity index (χ1n) is 10.1. The van der Waals surface area contributed by atoms with E-state index in [1.54, 1.807) is 12.7 Å². The zero-order valence-corrected chi connectivity index (χ0v) is 15.7. The van der Waals surface area contributed by atoms with Gasteiger partial charge in [-0.1, -0.05) is 0 Å². The lowest BCUT2D eigenvalue weighted by molar-refractivity contribution is -0.0602. The van der Waals surface area contributed by atoms with Crippen molar-refractivity contribution in [3.63, 3.8) is 0 Å². The Hall–Kier alpha value is -1.77. The lowest BCUT2D eigenvalue weighted by Gasteiger charge is -2.51. The molecule has 1 atom stereocenters. The quantitative estimate of drug-likeness (QED) is 0.818. The number of aliphatic hydroxyl groups is 1. The molecule has 2 aromatic heterocycles. The number of aliphatic hydroxyl groups excluding tert-OH is 1. The van der Waals surface area contributed by atoms with E-state index in [2.05, 4.69) is 29.7 Å². The van der Waals surface area contributed by atoms with Crippen LogP contribution in [0.4, 0.5) is 5.82 Å². The smallest absolute Gasteiger partial charge is 0.182 e. The van der Waals surface area contributed by atoms with Gasteiger partial charge < -0.3 is 19.7 Å². The van der Waals surface area contributed by atoms with Gasteiger partial charge in [0.15, 0.2) is 11.5 Å².